The molecule has 0 aliphatic rings. The zero-order chi connectivity index (χ0) is 20.9. The first-order chi connectivity index (χ1) is 13.8. The zero-order valence-corrected chi connectivity index (χ0v) is 20.0. The molecule has 5 nitrogen and oxygen atoms in total. The van der Waals surface area contributed by atoms with E-state index in [4.69, 9.17) is 28.3 Å². The molecule has 2 aromatic heterocycles. The van der Waals surface area contributed by atoms with Gasteiger partial charge in [-0.1, -0.05) is 41.0 Å². The number of benzene rings is 2. The van der Waals surface area contributed by atoms with Crippen molar-refractivity contribution in [2.75, 3.05) is 0 Å². The molecule has 0 unspecified atom stereocenters. The Morgan fingerprint density at radius 3 is 2.57 bits per heavy atom. The predicted molar refractivity (Wildman–Crippen MR) is 109 cm³/mol. The molecule has 0 bridgehead atoms. The SMILES string of the molecule is Cn1cc(-n2c(Cl)c(Sc3cccc(C(=O)O)c3F)c3ccc(Cl)c(F)c32)cn1.[H-].[Na+]. The van der Waals surface area contributed by atoms with Crippen LogP contribution in [0.1, 0.15) is 11.8 Å². The van der Waals surface area contributed by atoms with Crippen molar-refractivity contribution >= 4 is 51.8 Å². The molecule has 2 heterocycles. The number of carboxylic acids is 1. The van der Waals surface area contributed by atoms with Crippen molar-refractivity contribution in [3.8, 4) is 5.69 Å². The second kappa shape index (κ2) is 8.90. The van der Waals surface area contributed by atoms with Crippen LogP contribution in [-0.2, 0) is 7.05 Å². The second-order valence-corrected chi connectivity index (χ2v) is 7.93. The summed E-state index contributed by atoms with van der Waals surface area (Å²) in [6, 6.07) is 7.00. The number of fused-ring (bicyclic) bond motifs is 1. The van der Waals surface area contributed by atoms with Crippen molar-refractivity contribution in [2.24, 2.45) is 7.05 Å². The molecule has 0 atom stereocenters. The number of rotatable bonds is 4. The van der Waals surface area contributed by atoms with Crippen molar-refractivity contribution in [3.05, 3.63) is 70.1 Å². The van der Waals surface area contributed by atoms with E-state index in [1.807, 2.05) is 0 Å². The maximum atomic E-state index is 14.9. The third-order valence-corrected chi connectivity index (χ3v) is 6.19. The molecule has 0 aliphatic heterocycles. The molecule has 11 heteroatoms. The van der Waals surface area contributed by atoms with E-state index < -0.39 is 23.2 Å². The van der Waals surface area contributed by atoms with Crippen LogP contribution in [0.5, 0.6) is 0 Å². The van der Waals surface area contributed by atoms with Gasteiger partial charge >= 0.3 is 35.5 Å². The Balaban J connectivity index is 0.00000171. The summed E-state index contributed by atoms with van der Waals surface area (Å²) in [5.74, 6) is -2.95. The minimum absolute atomic E-state index is 0. The second-order valence-electron chi connectivity index (χ2n) is 6.11. The van der Waals surface area contributed by atoms with Crippen molar-refractivity contribution in [1.29, 1.82) is 0 Å². The van der Waals surface area contributed by atoms with E-state index >= 15 is 0 Å². The molecule has 0 aliphatic carbocycles. The molecule has 1 N–H and O–H groups in total. The number of hydrogen-bond donors (Lipinski definition) is 1. The molecule has 150 valence electrons. The summed E-state index contributed by atoms with van der Waals surface area (Å²) in [6.07, 6.45) is 3.15. The number of aromatic carboxylic acids is 1. The maximum Gasteiger partial charge on any atom is 1.00 e. The quantitative estimate of drug-likeness (QED) is 0.459. The Hall–Kier alpha value is -1.55. The number of aryl methyl sites for hydroxylation is 1. The molecule has 4 rings (SSSR count). The van der Waals surface area contributed by atoms with Crippen LogP contribution in [0.25, 0.3) is 16.6 Å². The van der Waals surface area contributed by atoms with Crippen LogP contribution in [0.3, 0.4) is 0 Å². The van der Waals surface area contributed by atoms with Crippen LogP contribution in [-0.4, -0.2) is 25.4 Å². The molecule has 0 spiro atoms. The molecule has 4 aromatic rings. The normalized spacial score (nSPS) is 11.0. The molecule has 2 aromatic carbocycles. The maximum absolute atomic E-state index is 14.9. The Bertz CT molecular complexity index is 1300. The minimum Gasteiger partial charge on any atom is -1.00 e. The number of carbonyl (C=O) groups is 1. The molecule has 30 heavy (non-hydrogen) atoms. The minimum atomic E-state index is -1.38. The molecular weight excluding hydrogens is 466 g/mol. The molecule has 0 radical (unpaired) electrons. The first-order valence-electron chi connectivity index (χ1n) is 8.16. The van der Waals surface area contributed by atoms with Gasteiger partial charge in [0, 0.05) is 23.5 Å². The van der Waals surface area contributed by atoms with Gasteiger partial charge in [0.1, 0.15) is 5.15 Å². The largest absolute Gasteiger partial charge is 1.00 e. The Morgan fingerprint density at radius 1 is 1.20 bits per heavy atom. The van der Waals surface area contributed by atoms with Gasteiger partial charge in [0.2, 0.25) is 0 Å². The summed E-state index contributed by atoms with van der Waals surface area (Å²) in [5.41, 5.74) is 0.152. The molecule has 0 fully saturated rings. The van der Waals surface area contributed by atoms with E-state index in [2.05, 4.69) is 5.10 Å². The number of carboxylic acid groups (broad SMARTS) is 1. The predicted octanol–water partition coefficient (Wildman–Crippen LogP) is 2.91. The Morgan fingerprint density at radius 2 is 1.93 bits per heavy atom. The standard InChI is InChI=1S/C19H11Cl2F2N3O2S.Na.H/c1-25-8-9(7-24-25)26-16-11(5-6-12(20)15(16)23)17(18(26)21)29-13-4-2-3-10(14(13)22)19(27)28;;/h2-8H,1H3,(H,27,28);;/q;+1;-1. The number of aromatic nitrogens is 3. The molecule has 0 saturated carbocycles. The fraction of sp³-hybridized carbons (Fsp3) is 0.0526. The van der Waals surface area contributed by atoms with Gasteiger partial charge in [-0.25, -0.2) is 13.6 Å². The smallest absolute Gasteiger partial charge is 1.00 e. The number of hydrogen-bond acceptors (Lipinski definition) is 3. The van der Waals surface area contributed by atoms with Gasteiger partial charge in [0.25, 0.3) is 0 Å². The van der Waals surface area contributed by atoms with Crippen LogP contribution in [0, 0.1) is 11.6 Å². The summed E-state index contributed by atoms with van der Waals surface area (Å²) in [7, 11) is 1.70. The van der Waals surface area contributed by atoms with E-state index in [0.29, 0.717) is 16.0 Å². The van der Waals surface area contributed by atoms with Crippen LogP contribution in [0.4, 0.5) is 8.78 Å². The first kappa shape index (κ1) is 23.1. The monoisotopic (exact) mass is 477 g/mol. The number of halogens is 4. The topological polar surface area (TPSA) is 60.0 Å². The van der Waals surface area contributed by atoms with Gasteiger partial charge in [-0.15, -0.1) is 0 Å². The van der Waals surface area contributed by atoms with E-state index in [9.17, 15) is 13.6 Å². The van der Waals surface area contributed by atoms with E-state index in [-0.39, 0.29) is 51.6 Å². The van der Waals surface area contributed by atoms with Gasteiger partial charge in [-0.3, -0.25) is 9.25 Å². The van der Waals surface area contributed by atoms with Crippen molar-refractivity contribution in [3.63, 3.8) is 0 Å². The average molecular weight is 478 g/mol. The van der Waals surface area contributed by atoms with Gasteiger partial charge in [-0.2, -0.15) is 5.10 Å². The third-order valence-electron chi connectivity index (χ3n) is 4.28. The summed E-state index contributed by atoms with van der Waals surface area (Å²) in [4.78, 5) is 11.6. The fourth-order valence-electron chi connectivity index (χ4n) is 2.98. The van der Waals surface area contributed by atoms with Crippen molar-refractivity contribution in [2.45, 2.75) is 9.79 Å². The van der Waals surface area contributed by atoms with E-state index in [1.54, 1.807) is 19.3 Å². The van der Waals surface area contributed by atoms with Gasteiger partial charge < -0.3 is 6.53 Å². The Kier molecular flexibility index (Phi) is 6.86. The summed E-state index contributed by atoms with van der Waals surface area (Å²) in [5, 5.41) is 13.7. The van der Waals surface area contributed by atoms with Crippen LogP contribution < -0.4 is 29.6 Å². The van der Waals surface area contributed by atoms with Gasteiger partial charge in [0.15, 0.2) is 11.6 Å². The average Bonchev–Trinajstić information content (AvgIpc) is 3.21. The van der Waals surface area contributed by atoms with Crippen molar-refractivity contribution < 1.29 is 49.7 Å². The van der Waals surface area contributed by atoms with Crippen LogP contribution >= 0.6 is 35.0 Å². The fourth-order valence-corrected chi connectivity index (χ4v) is 4.55. The first-order valence-corrected chi connectivity index (χ1v) is 9.73. The molecular formula is C19H12Cl2F2N3NaO2S. The van der Waals surface area contributed by atoms with Gasteiger partial charge in [0.05, 0.1) is 32.9 Å². The van der Waals surface area contributed by atoms with Crippen molar-refractivity contribution in [1.82, 2.24) is 14.3 Å². The van der Waals surface area contributed by atoms with Crippen LogP contribution in [0.2, 0.25) is 10.2 Å². The van der Waals surface area contributed by atoms with E-state index in [0.717, 1.165) is 11.8 Å². The van der Waals surface area contributed by atoms with Crippen LogP contribution in [0.15, 0.2) is 52.5 Å². The Labute approximate surface area is 207 Å². The van der Waals surface area contributed by atoms with E-state index in [1.165, 1.54) is 39.7 Å². The summed E-state index contributed by atoms with van der Waals surface area (Å²) in [6.45, 7) is 0. The van der Waals surface area contributed by atoms with Gasteiger partial charge in [-0.05, 0) is 24.3 Å². The summed E-state index contributed by atoms with van der Waals surface area (Å²) < 4.78 is 32.6. The zero-order valence-electron chi connectivity index (χ0n) is 16.7. The third kappa shape index (κ3) is 3.88. The molecule has 0 saturated heterocycles. The molecule has 0 amide bonds. The summed E-state index contributed by atoms with van der Waals surface area (Å²) >= 11 is 13.5. The number of nitrogens with zero attached hydrogens (tertiary/aromatic N) is 3.